The molecular formula is C25H22N4O4. The highest BCUT2D eigenvalue weighted by Gasteiger charge is 2.16. The maximum Gasteiger partial charge on any atom is 0.349 e. The van der Waals surface area contributed by atoms with Crippen LogP contribution in [-0.4, -0.2) is 36.3 Å². The second-order valence-electron chi connectivity index (χ2n) is 7.83. The largest absolute Gasteiger partial charge is 0.493 e. The molecule has 3 heterocycles. The van der Waals surface area contributed by atoms with Crippen LogP contribution in [0.25, 0.3) is 22.2 Å². The van der Waals surface area contributed by atoms with E-state index in [1.165, 1.54) is 26.0 Å². The average molecular weight is 442 g/mol. The first kappa shape index (κ1) is 20.7. The number of ether oxygens (including phenoxy) is 1. The van der Waals surface area contributed by atoms with Crippen LogP contribution in [-0.2, 0) is 0 Å². The maximum atomic E-state index is 12.7. The summed E-state index contributed by atoms with van der Waals surface area (Å²) < 4.78 is 10.6. The number of amides is 1. The molecule has 1 aliphatic heterocycles. The fraction of sp³-hybridized carbons (Fsp3) is 0.200. The van der Waals surface area contributed by atoms with Crippen molar-refractivity contribution in [1.29, 1.82) is 0 Å². The number of carbonyl (C=O) groups is 1. The zero-order chi connectivity index (χ0) is 22.8. The van der Waals surface area contributed by atoms with Crippen LogP contribution in [0, 0.1) is 0 Å². The van der Waals surface area contributed by atoms with Gasteiger partial charge in [0.05, 0.1) is 12.8 Å². The van der Waals surface area contributed by atoms with E-state index in [-0.39, 0.29) is 5.56 Å². The van der Waals surface area contributed by atoms with Crippen LogP contribution in [0.4, 0.5) is 11.5 Å². The molecule has 5 rings (SSSR count). The van der Waals surface area contributed by atoms with Crippen LogP contribution >= 0.6 is 0 Å². The molecule has 0 spiro atoms. The molecule has 4 aromatic rings. The zero-order valence-electron chi connectivity index (χ0n) is 18.1. The number of methoxy groups -OCH3 is 1. The summed E-state index contributed by atoms with van der Waals surface area (Å²) in [6.07, 6.45) is 2.37. The molecule has 166 valence electrons. The average Bonchev–Trinajstić information content (AvgIpc) is 3.39. The lowest BCUT2D eigenvalue weighted by molar-refractivity contribution is 0.102. The van der Waals surface area contributed by atoms with Crippen LogP contribution in [0.15, 0.2) is 69.9 Å². The quantitative estimate of drug-likeness (QED) is 0.465. The molecule has 1 aliphatic rings. The number of fused-ring (bicyclic) bond motifs is 1. The number of rotatable bonds is 5. The highest BCUT2D eigenvalue weighted by atomic mass is 16.5. The molecule has 1 N–H and O–H groups in total. The maximum absolute atomic E-state index is 12.7. The smallest absolute Gasteiger partial charge is 0.349 e. The van der Waals surface area contributed by atoms with E-state index in [0.717, 1.165) is 30.2 Å². The van der Waals surface area contributed by atoms with Gasteiger partial charge in [-0.25, -0.2) is 4.79 Å². The summed E-state index contributed by atoms with van der Waals surface area (Å²) >= 11 is 0. The summed E-state index contributed by atoms with van der Waals surface area (Å²) in [6.45, 7) is 2.04. The van der Waals surface area contributed by atoms with Gasteiger partial charge in [-0.05, 0) is 49.2 Å². The molecule has 8 nitrogen and oxygen atoms in total. The van der Waals surface area contributed by atoms with Crippen molar-refractivity contribution in [1.82, 2.24) is 10.2 Å². The van der Waals surface area contributed by atoms with Crippen LogP contribution in [0.2, 0.25) is 0 Å². The summed E-state index contributed by atoms with van der Waals surface area (Å²) in [5, 5.41) is 12.0. The van der Waals surface area contributed by atoms with Crippen molar-refractivity contribution in [2.24, 2.45) is 0 Å². The molecule has 2 aromatic carbocycles. The van der Waals surface area contributed by atoms with Crippen molar-refractivity contribution in [3.8, 4) is 17.0 Å². The van der Waals surface area contributed by atoms with E-state index in [9.17, 15) is 9.59 Å². The van der Waals surface area contributed by atoms with E-state index >= 15 is 0 Å². The number of hydrogen-bond acceptors (Lipinski definition) is 7. The molecule has 1 saturated heterocycles. The Hall–Kier alpha value is -4.20. The second kappa shape index (κ2) is 8.74. The lowest BCUT2D eigenvalue weighted by Gasteiger charge is -2.15. The molecule has 0 atom stereocenters. The Morgan fingerprint density at radius 3 is 2.52 bits per heavy atom. The van der Waals surface area contributed by atoms with Gasteiger partial charge < -0.3 is 19.4 Å². The molecule has 1 amide bonds. The van der Waals surface area contributed by atoms with Gasteiger partial charge in [0.1, 0.15) is 5.56 Å². The number of hydrogen-bond donors (Lipinski definition) is 1. The molecule has 0 unspecified atom stereocenters. The Balaban J connectivity index is 1.32. The lowest BCUT2D eigenvalue weighted by Crippen LogP contribution is -2.20. The van der Waals surface area contributed by atoms with Crippen molar-refractivity contribution in [2.45, 2.75) is 12.8 Å². The predicted octanol–water partition coefficient (Wildman–Crippen LogP) is 4.11. The molecule has 33 heavy (non-hydrogen) atoms. The van der Waals surface area contributed by atoms with Gasteiger partial charge in [-0.1, -0.05) is 24.3 Å². The molecule has 0 bridgehead atoms. The second-order valence-corrected chi connectivity index (χ2v) is 7.83. The van der Waals surface area contributed by atoms with Gasteiger partial charge in [-0.15, -0.1) is 10.2 Å². The summed E-state index contributed by atoms with van der Waals surface area (Å²) in [5.41, 5.74) is 1.68. The molecule has 8 heteroatoms. The van der Waals surface area contributed by atoms with Crippen molar-refractivity contribution < 1.29 is 13.9 Å². The molecule has 2 aromatic heterocycles. The van der Waals surface area contributed by atoms with E-state index in [1.54, 1.807) is 30.3 Å². The number of aromatic nitrogens is 2. The topological polar surface area (TPSA) is 97.6 Å². The van der Waals surface area contributed by atoms with Gasteiger partial charge in [-0.2, -0.15) is 0 Å². The van der Waals surface area contributed by atoms with Gasteiger partial charge in [0.2, 0.25) is 0 Å². The Kier molecular flexibility index (Phi) is 5.48. The Morgan fingerprint density at radius 2 is 1.82 bits per heavy atom. The number of para-hydroxylation sites is 1. The standard InChI is InChI=1S/C25H22N4O4/c1-32-21-6-4-5-17-15-19(25(31)33-23(17)21)24(30)26-18-9-7-16(8-10-18)20-11-12-22(28-27-20)29-13-2-3-14-29/h4-12,15H,2-3,13-14H2,1H3,(H,26,30). The van der Waals surface area contributed by atoms with Crippen LogP contribution in [0.5, 0.6) is 5.75 Å². The third kappa shape index (κ3) is 4.15. The molecule has 0 aliphatic carbocycles. The number of nitrogens with one attached hydrogen (secondary N) is 1. The third-order valence-corrected chi connectivity index (χ3v) is 5.71. The van der Waals surface area contributed by atoms with Crippen molar-refractivity contribution in [3.05, 3.63) is 76.6 Å². The minimum atomic E-state index is -0.727. The number of carbonyl (C=O) groups excluding carboxylic acids is 1. The van der Waals surface area contributed by atoms with Crippen LogP contribution < -0.4 is 20.6 Å². The first-order valence-electron chi connectivity index (χ1n) is 10.7. The van der Waals surface area contributed by atoms with E-state index in [4.69, 9.17) is 9.15 Å². The van der Waals surface area contributed by atoms with E-state index < -0.39 is 11.5 Å². The SMILES string of the molecule is COc1cccc2cc(C(=O)Nc3ccc(-c4ccc(N5CCCC5)nn4)cc3)c(=O)oc12. The van der Waals surface area contributed by atoms with Crippen molar-refractivity contribution >= 4 is 28.4 Å². The first-order chi connectivity index (χ1) is 16.1. The molecule has 0 saturated carbocycles. The van der Waals surface area contributed by atoms with Gasteiger partial charge in [-0.3, -0.25) is 4.79 Å². The Labute approximate surface area is 189 Å². The normalized spacial score (nSPS) is 13.3. The molecular weight excluding hydrogens is 420 g/mol. The highest BCUT2D eigenvalue weighted by molar-refractivity contribution is 6.05. The number of benzene rings is 2. The lowest BCUT2D eigenvalue weighted by atomic mass is 10.1. The fourth-order valence-corrected chi connectivity index (χ4v) is 3.95. The third-order valence-electron chi connectivity index (χ3n) is 5.71. The Morgan fingerprint density at radius 1 is 1.03 bits per heavy atom. The van der Waals surface area contributed by atoms with Gasteiger partial charge in [0, 0.05) is 29.7 Å². The monoisotopic (exact) mass is 442 g/mol. The van der Waals surface area contributed by atoms with E-state index in [2.05, 4.69) is 20.4 Å². The number of anilines is 2. The summed E-state index contributed by atoms with van der Waals surface area (Å²) in [5.74, 6) is 0.784. The fourth-order valence-electron chi connectivity index (χ4n) is 3.95. The van der Waals surface area contributed by atoms with Crippen molar-refractivity contribution in [3.63, 3.8) is 0 Å². The summed E-state index contributed by atoms with van der Waals surface area (Å²) in [7, 11) is 1.49. The summed E-state index contributed by atoms with van der Waals surface area (Å²) in [4.78, 5) is 27.3. The van der Waals surface area contributed by atoms with Crippen LogP contribution in [0.1, 0.15) is 23.2 Å². The van der Waals surface area contributed by atoms with Gasteiger partial charge in [0.15, 0.2) is 17.2 Å². The van der Waals surface area contributed by atoms with Gasteiger partial charge >= 0.3 is 5.63 Å². The number of nitrogens with zero attached hydrogens (tertiary/aromatic N) is 3. The zero-order valence-corrected chi connectivity index (χ0v) is 18.1. The minimum Gasteiger partial charge on any atom is -0.493 e. The molecule has 0 radical (unpaired) electrons. The van der Waals surface area contributed by atoms with Gasteiger partial charge in [0.25, 0.3) is 5.91 Å². The Bertz CT molecular complexity index is 1360. The highest BCUT2D eigenvalue weighted by Crippen LogP contribution is 2.25. The van der Waals surface area contributed by atoms with Crippen molar-refractivity contribution in [2.75, 3.05) is 30.4 Å². The summed E-state index contributed by atoms with van der Waals surface area (Å²) in [6, 6.07) is 17.9. The molecule has 1 fully saturated rings. The minimum absolute atomic E-state index is 0.0804. The van der Waals surface area contributed by atoms with E-state index in [1.807, 2.05) is 24.3 Å². The first-order valence-corrected chi connectivity index (χ1v) is 10.7. The van der Waals surface area contributed by atoms with Crippen LogP contribution in [0.3, 0.4) is 0 Å². The van der Waals surface area contributed by atoms with E-state index in [0.29, 0.717) is 22.4 Å². The predicted molar refractivity (Wildman–Crippen MR) is 126 cm³/mol.